The Bertz CT molecular complexity index is 346. The highest BCUT2D eigenvalue weighted by Crippen LogP contribution is 2.33. The van der Waals surface area contributed by atoms with E-state index in [1.165, 1.54) is 11.3 Å². The Morgan fingerprint density at radius 3 is 3.00 bits per heavy atom. The fourth-order valence-corrected chi connectivity index (χ4v) is 2.50. The van der Waals surface area contributed by atoms with Gasteiger partial charge in [-0.15, -0.1) is 0 Å². The second-order valence-electron chi connectivity index (χ2n) is 4.05. The third-order valence-electron chi connectivity index (χ3n) is 2.90. The molecule has 4 heteroatoms. The zero-order valence-electron chi connectivity index (χ0n) is 8.63. The van der Waals surface area contributed by atoms with Gasteiger partial charge in [-0.2, -0.15) is 0 Å². The molecule has 1 amide bonds. The first-order valence-corrected chi connectivity index (χ1v) is 5.66. The van der Waals surface area contributed by atoms with E-state index < -0.39 is 0 Å². The van der Waals surface area contributed by atoms with E-state index >= 15 is 0 Å². The minimum atomic E-state index is -0.260. The summed E-state index contributed by atoms with van der Waals surface area (Å²) in [7, 11) is 0. The maximum atomic E-state index is 10.9. The van der Waals surface area contributed by atoms with Gasteiger partial charge < -0.3 is 10.6 Å². The van der Waals surface area contributed by atoms with Crippen LogP contribution in [0.15, 0.2) is 22.4 Å². The van der Waals surface area contributed by atoms with Crippen LogP contribution in [0, 0.1) is 0 Å². The summed E-state index contributed by atoms with van der Waals surface area (Å²) in [6.45, 7) is 1.28. The largest absolute Gasteiger partial charge is 0.368 e. The summed E-state index contributed by atoms with van der Waals surface area (Å²) in [5, 5.41) is 0.926. The minimum absolute atomic E-state index is 0.260. The van der Waals surface area contributed by atoms with Crippen LogP contribution in [0.3, 0.4) is 0 Å². The van der Waals surface area contributed by atoms with Crippen molar-refractivity contribution in [1.82, 2.24) is 4.90 Å². The first kappa shape index (κ1) is 10.6. The number of primary amides is 1. The lowest BCUT2D eigenvalue weighted by atomic mass is 9.94. The monoisotopic (exact) mass is 226 g/mol. The predicted octanol–water partition coefficient (Wildman–Crippen LogP) is 1.74. The smallest absolute Gasteiger partial charge is 0.236 e. The molecule has 2 N–H and O–H groups in total. The lowest BCUT2D eigenvalue weighted by Crippen LogP contribution is -2.37. The maximum absolute atomic E-state index is 10.9. The molecule has 3 nitrogen and oxygen atoms in total. The molecule has 82 valence electrons. The lowest BCUT2D eigenvalue weighted by molar-refractivity contribution is -0.118. The number of halogens is 1. The molecule has 1 aliphatic heterocycles. The number of carbonyl (C=O) groups is 1. The van der Waals surface area contributed by atoms with Crippen LogP contribution in [0.2, 0.25) is 0 Å². The van der Waals surface area contributed by atoms with Gasteiger partial charge in [0.1, 0.15) is 0 Å². The molecule has 1 heterocycles. The molecular weight excluding hydrogens is 212 g/mol. The van der Waals surface area contributed by atoms with Gasteiger partial charge in [0.2, 0.25) is 5.91 Å². The van der Waals surface area contributed by atoms with Crippen LogP contribution in [0.4, 0.5) is 0 Å². The van der Waals surface area contributed by atoms with E-state index in [1.807, 2.05) is 6.08 Å². The molecule has 2 aliphatic rings. The van der Waals surface area contributed by atoms with Crippen LogP contribution >= 0.6 is 11.6 Å². The van der Waals surface area contributed by atoms with Crippen LogP contribution in [0.25, 0.3) is 0 Å². The molecule has 0 saturated carbocycles. The maximum Gasteiger partial charge on any atom is 0.236 e. The number of rotatable bonds is 2. The quantitative estimate of drug-likeness (QED) is 0.780. The first-order valence-electron chi connectivity index (χ1n) is 5.28. The van der Waals surface area contributed by atoms with Crippen LogP contribution in [0.1, 0.15) is 25.7 Å². The van der Waals surface area contributed by atoms with Gasteiger partial charge in [-0.25, -0.2) is 0 Å². The van der Waals surface area contributed by atoms with Crippen molar-refractivity contribution in [2.24, 2.45) is 5.73 Å². The molecule has 0 aromatic carbocycles. The van der Waals surface area contributed by atoms with Crippen molar-refractivity contribution in [2.45, 2.75) is 25.7 Å². The van der Waals surface area contributed by atoms with Gasteiger partial charge in [0, 0.05) is 17.3 Å². The van der Waals surface area contributed by atoms with Crippen LogP contribution in [-0.2, 0) is 4.79 Å². The summed E-state index contributed by atoms with van der Waals surface area (Å²) >= 11 is 6.01. The normalized spacial score (nSPS) is 21.1. The summed E-state index contributed by atoms with van der Waals surface area (Å²) in [6, 6.07) is 0. The number of nitrogens with two attached hydrogens (primary N) is 1. The topological polar surface area (TPSA) is 46.3 Å². The van der Waals surface area contributed by atoms with E-state index in [9.17, 15) is 4.79 Å². The average molecular weight is 227 g/mol. The number of hydrogen-bond acceptors (Lipinski definition) is 2. The van der Waals surface area contributed by atoms with Gasteiger partial charge in [0.05, 0.1) is 6.54 Å². The Kier molecular flexibility index (Phi) is 3.00. The molecular formula is C11H15ClN2O. The number of carbonyl (C=O) groups excluding carboxylic acids is 1. The van der Waals surface area contributed by atoms with E-state index in [1.54, 1.807) is 0 Å². The molecule has 0 aromatic heterocycles. The Labute approximate surface area is 94.6 Å². The molecule has 0 saturated heterocycles. The van der Waals surface area contributed by atoms with E-state index in [4.69, 9.17) is 17.3 Å². The highest BCUT2D eigenvalue weighted by Gasteiger charge is 2.22. The predicted molar refractivity (Wildman–Crippen MR) is 60.2 cm³/mol. The van der Waals surface area contributed by atoms with Crippen molar-refractivity contribution in [3.63, 3.8) is 0 Å². The average Bonchev–Trinajstić information content (AvgIpc) is 2.16. The van der Waals surface area contributed by atoms with Gasteiger partial charge in [0.15, 0.2) is 0 Å². The lowest BCUT2D eigenvalue weighted by Gasteiger charge is -2.34. The molecule has 2 rings (SSSR count). The van der Waals surface area contributed by atoms with Crippen molar-refractivity contribution in [1.29, 1.82) is 0 Å². The highest BCUT2D eigenvalue weighted by molar-refractivity contribution is 6.29. The third kappa shape index (κ3) is 2.34. The van der Waals surface area contributed by atoms with Crippen molar-refractivity contribution in [3.8, 4) is 0 Å². The molecule has 0 bridgehead atoms. The van der Waals surface area contributed by atoms with Gasteiger partial charge in [0.25, 0.3) is 0 Å². The van der Waals surface area contributed by atoms with E-state index in [-0.39, 0.29) is 5.91 Å². The van der Waals surface area contributed by atoms with Crippen molar-refractivity contribution in [3.05, 3.63) is 22.4 Å². The Hall–Kier alpha value is -0.960. The first-order chi connectivity index (χ1) is 7.16. The van der Waals surface area contributed by atoms with Gasteiger partial charge >= 0.3 is 0 Å². The van der Waals surface area contributed by atoms with Gasteiger partial charge in [-0.3, -0.25) is 4.79 Å². The van der Waals surface area contributed by atoms with Crippen molar-refractivity contribution < 1.29 is 4.79 Å². The highest BCUT2D eigenvalue weighted by atomic mass is 35.5. The third-order valence-corrected chi connectivity index (χ3v) is 3.20. The summed E-state index contributed by atoms with van der Waals surface area (Å²) in [5.41, 5.74) is 7.79. The molecule has 15 heavy (non-hydrogen) atoms. The minimum Gasteiger partial charge on any atom is -0.368 e. The zero-order valence-corrected chi connectivity index (χ0v) is 9.39. The van der Waals surface area contributed by atoms with Gasteiger partial charge in [-0.05, 0) is 37.3 Å². The molecule has 0 aromatic rings. The van der Waals surface area contributed by atoms with E-state index in [2.05, 4.69) is 4.90 Å². The number of allylic oxidation sites excluding steroid dienone is 4. The van der Waals surface area contributed by atoms with E-state index in [0.717, 1.165) is 37.3 Å². The Balaban J connectivity index is 2.21. The summed E-state index contributed by atoms with van der Waals surface area (Å²) < 4.78 is 0. The number of amides is 1. The second kappa shape index (κ2) is 4.27. The second-order valence-corrected chi connectivity index (χ2v) is 4.54. The fourth-order valence-electron chi connectivity index (χ4n) is 2.28. The molecule has 0 fully saturated rings. The SMILES string of the molecule is NC(=O)CN1CCCC2=C1CCC(Cl)=C2. The molecule has 0 atom stereocenters. The Morgan fingerprint density at radius 2 is 2.27 bits per heavy atom. The van der Waals surface area contributed by atoms with Crippen LogP contribution in [-0.4, -0.2) is 23.9 Å². The molecule has 1 aliphatic carbocycles. The van der Waals surface area contributed by atoms with Crippen molar-refractivity contribution >= 4 is 17.5 Å². The van der Waals surface area contributed by atoms with E-state index in [0.29, 0.717) is 6.54 Å². The Morgan fingerprint density at radius 1 is 1.47 bits per heavy atom. The van der Waals surface area contributed by atoms with Gasteiger partial charge in [-0.1, -0.05) is 11.6 Å². The molecule has 0 unspecified atom stereocenters. The van der Waals surface area contributed by atoms with Crippen molar-refractivity contribution in [2.75, 3.05) is 13.1 Å². The fraction of sp³-hybridized carbons (Fsp3) is 0.545. The standard InChI is InChI=1S/C11H15ClN2O/c12-9-3-4-10-8(6-9)2-1-5-14(10)7-11(13)15/h6H,1-5,7H2,(H2,13,15). The summed E-state index contributed by atoms with van der Waals surface area (Å²) in [5.74, 6) is -0.260. The molecule has 0 spiro atoms. The van der Waals surface area contributed by atoms with Crippen LogP contribution < -0.4 is 5.73 Å². The molecule has 0 radical (unpaired) electrons. The number of nitrogens with zero attached hydrogens (tertiary/aromatic N) is 1. The number of hydrogen-bond donors (Lipinski definition) is 1. The summed E-state index contributed by atoms with van der Waals surface area (Å²) in [6.07, 6.45) is 6.02. The zero-order chi connectivity index (χ0) is 10.8. The van der Waals surface area contributed by atoms with Crippen LogP contribution in [0.5, 0.6) is 0 Å². The summed E-state index contributed by atoms with van der Waals surface area (Å²) in [4.78, 5) is 13.0.